The first-order valence-electron chi connectivity index (χ1n) is 5.26. The first-order chi connectivity index (χ1) is 8.80. The number of aryl methyl sites for hydroxylation is 1. The maximum Gasteiger partial charge on any atom is 0.446 e. The maximum atomic E-state index is 12.5. The second kappa shape index (κ2) is 5.97. The normalized spacial score (nSPS) is 10.9. The Bertz CT molecular complexity index is 535. The molecule has 0 fully saturated rings. The zero-order valence-corrected chi connectivity index (χ0v) is 11.0. The number of carbonyl (C=O) groups is 1. The highest BCUT2D eigenvalue weighted by atomic mass is 32.2. The molecule has 0 unspecified atom stereocenters. The van der Waals surface area contributed by atoms with Crippen molar-refractivity contribution in [3.63, 3.8) is 0 Å². The van der Waals surface area contributed by atoms with Crippen molar-refractivity contribution in [3.8, 4) is 6.07 Å². The summed E-state index contributed by atoms with van der Waals surface area (Å²) < 4.78 is 42.1. The number of hydrogen-bond donors (Lipinski definition) is 0. The Hall–Kier alpha value is -1.68. The van der Waals surface area contributed by atoms with Gasteiger partial charge >= 0.3 is 11.5 Å². The standard InChI is InChI=1S/C12H10F3NO2S/c1-3-18-11(17)8-5-4-7(2)10(9(8)6-16)19-12(13,14)15/h4-5H,3H2,1-2H3. The molecule has 1 aromatic carbocycles. The molecule has 0 radical (unpaired) electrons. The zero-order valence-electron chi connectivity index (χ0n) is 10.2. The summed E-state index contributed by atoms with van der Waals surface area (Å²) in [7, 11) is 0. The van der Waals surface area contributed by atoms with Gasteiger partial charge in [0, 0.05) is 4.90 Å². The molecule has 0 bridgehead atoms. The number of carbonyl (C=O) groups excluding carboxylic acids is 1. The van der Waals surface area contributed by atoms with Crippen molar-refractivity contribution in [1.82, 2.24) is 0 Å². The van der Waals surface area contributed by atoms with Gasteiger partial charge in [-0.25, -0.2) is 4.79 Å². The number of nitrogens with zero attached hydrogens (tertiary/aromatic N) is 1. The SMILES string of the molecule is CCOC(=O)c1ccc(C)c(SC(F)(F)F)c1C#N. The minimum absolute atomic E-state index is 0.0827. The molecule has 0 N–H and O–H groups in total. The number of ether oxygens (including phenoxy) is 1. The molecular formula is C12H10F3NO2S. The predicted octanol–water partition coefficient (Wildman–Crippen LogP) is 3.66. The van der Waals surface area contributed by atoms with Crippen LogP contribution in [0.4, 0.5) is 13.2 Å². The molecule has 0 aliphatic heterocycles. The number of thioether (sulfide) groups is 1. The van der Waals surface area contributed by atoms with Crippen LogP contribution in [0.2, 0.25) is 0 Å². The summed E-state index contributed by atoms with van der Waals surface area (Å²) in [4.78, 5) is 11.3. The molecule has 0 heterocycles. The number of halogens is 3. The van der Waals surface area contributed by atoms with Gasteiger partial charge in [0.05, 0.1) is 17.7 Å². The highest BCUT2D eigenvalue weighted by Gasteiger charge is 2.32. The van der Waals surface area contributed by atoms with E-state index in [0.717, 1.165) is 0 Å². The number of alkyl halides is 3. The molecule has 19 heavy (non-hydrogen) atoms. The summed E-state index contributed by atoms with van der Waals surface area (Å²) in [5.41, 5.74) is -4.70. The summed E-state index contributed by atoms with van der Waals surface area (Å²) in [5, 5.41) is 9.00. The highest BCUT2D eigenvalue weighted by molar-refractivity contribution is 8.00. The molecule has 0 saturated heterocycles. The fraction of sp³-hybridized carbons (Fsp3) is 0.333. The molecule has 3 nitrogen and oxygen atoms in total. The van der Waals surface area contributed by atoms with Gasteiger partial charge < -0.3 is 4.74 Å². The van der Waals surface area contributed by atoms with Crippen molar-refractivity contribution >= 4 is 17.7 Å². The monoisotopic (exact) mass is 289 g/mol. The van der Waals surface area contributed by atoms with Gasteiger partial charge in [0.25, 0.3) is 0 Å². The molecule has 0 atom stereocenters. The first kappa shape index (κ1) is 15.4. The van der Waals surface area contributed by atoms with Crippen molar-refractivity contribution in [2.24, 2.45) is 0 Å². The fourth-order valence-corrected chi connectivity index (χ4v) is 2.14. The Balaban J connectivity index is 3.34. The van der Waals surface area contributed by atoms with Gasteiger partial charge in [-0.3, -0.25) is 0 Å². The first-order valence-corrected chi connectivity index (χ1v) is 6.08. The van der Waals surface area contributed by atoms with Crippen LogP contribution in [-0.2, 0) is 4.74 Å². The summed E-state index contributed by atoms with van der Waals surface area (Å²) in [6, 6.07) is 4.31. The Labute approximate surface area is 112 Å². The lowest BCUT2D eigenvalue weighted by Crippen LogP contribution is -2.10. The lowest BCUT2D eigenvalue weighted by molar-refractivity contribution is -0.0328. The van der Waals surface area contributed by atoms with Gasteiger partial charge in [-0.05, 0) is 37.2 Å². The van der Waals surface area contributed by atoms with E-state index in [4.69, 9.17) is 10.00 Å². The van der Waals surface area contributed by atoms with E-state index in [0.29, 0.717) is 0 Å². The van der Waals surface area contributed by atoms with Gasteiger partial charge in [0.15, 0.2) is 0 Å². The molecule has 102 valence electrons. The van der Waals surface area contributed by atoms with Gasteiger partial charge in [-0.1, -0.05) is 6.07 Å². The zero-order chi connectivity index (χ0) is 14.6. The van der Waals surface area contributed by atoms with Gasteiger partial charge in [-0.15, -0.1) is 0 Å². The minimum Gasteiger partial charge on any atom is -0.462 e. The largest absolute Gasteiger partial charge is 0.462 e. The summed E-state index contributed by atoms with van der Waals surface area (Å²) >= 11 is -0.402. The Morgan fingerprint density at radius 1 is 1.47 bits per heavy atom. The number of nitriles is 1. The Kier molecular flexibility index (Phi) is 4.84. The fourth-order valence-electron chi connectivity index (χ4n) is 1.42. The predicted molar refractivity (Wildman–Crippen MR) is 63.8 cm³/mol. The minimum atomic E-state index is -4.52. The molecule has 1 rings (SSSR count). The lowest BCUT2D eigenvalue weighted by Gasteiger charge is -2.12. The molecule has 0 spiro atoms. The third-order valence-electron chi connectivity index (χ3n) is 2.18. The van der Waals surface area contributed by atoms with Crippen LogP contribution in [-0.4, -0.2) is 18.1 Å². The molecule has 0 saturated carbocycles. The second-order valence-corrected chi connectivity index (χ2v) is 4.59. The van der Waals surface area contributed by atoms with E-state index in [2.05, 4.69) is 0 Å². The summed E-state index contributed by atoms with van der Waals surface area (Å²) in [5.74, 6) is -0.803. The Morgan fingerprint density at radius 3 is 2.58 bits per heavy atom. The topological polar surface area (TPSA) is 50.1 Å². The van der Waals surface area contributed by atoms with Crippen LogP contribution in [0.1, 0.15) is 28.4 Å². The van der Waals surface area contributed by atoms with Crippen molar-refractivity contribution in [1.29, 1.82) is 5.26 Å². The quantitative estimate of drug-likeness (QED) is 0.629. The van der Waals surface area contributed by atoms with E-state index in [9.17, 15) is 18.0 Å². The van der Waals surface area contributed by atoms with Crippen LogP contribution in [0.3, 0.4) is 0 Å². The van der Waals surface area contributed by atoms with E-state index in [1.165, 1.54) is 19.1 Å². The lowest BCUT2D eigenvalue weighted by atomic mass is 10.1. The van der Waals surface area contributed by atoms with E-state index >= 15 is 0 Å². The molecule has 0 aromatic heterocycles. The van der Waals surface area contributed by atoms with Crippen molar-refractivity contribution < 1.29 is 22.7 Å². The van der Waals surface area contributed by atoms with Crippen LogP contribution in [0, 0.1) is 18.3 Å². The van der Waals surface area contributed by atoms with Crippen molar-refractivity contribution in [2.45, 2.75) is 24.3 Å². The van der Waals surface area contributed by atoms with E-state index in [-0.39, 0.29) is 28.2 Å². The smallest absolute Gasteiger partial charge is 0.446 e. The molecular weight excluding hydrogens is 279 g/mol. The average Bonchev–Trinajstić information content (AvgIpc) is 2.30. The molecule has 0 aliphatic carbocycles. The van der Waals surface area contributed by atoms with Crippen LogP contribution in [0.5, 0.6) is 0 Å². The summed E-state index contributed by atoms with van der Waals surface area (Å²) in [6.07, 6.45) is 0. The highest BCUT2D eigenvalue weighted by Crippen LogP contribution is 2.41. The number of benzene rings is 1. The van der Waals surface area contributed by atoms with Gasteiger partial charge in [0.2, 0.25) is 0 Å². The van der Waals surface area contributed by atoms with Gasteiger partial charge in [0.1, 0.15) is 6.07 Å². The third-order valence-corrected chi connectivity index (χ3v) is 3.14. The van der Waals surface area contributed by atoms with Crippen LogP contribution in [0.15, 0.2) is 17.0 Å². The van der Waals surface area contributed by atoms with Crippen molar-refractivity contribution in [3.05, 3.63) is 28.8 Å². The number of hydrogen-bond acceptors (Lipinski definition) is 4. The van der Waals surface area contributed by atoms with E-state index in [1.54, 1.807) is 13.0 Å². The molecule has 1 aromatic rings. The molecule has 0 amide bonds. The average molecular weight is 289 g/mol. The van der Waals surface area contributed by atoms with Gasteiger partial charge in [-0.2, -0.15) is 18.4 Å². The van der Waals surface area contributed by atoms with Crippen LogP contribution >= 0.6 is 11.8 Å². The Morgan fingerprint density at radius 2 is 2.11 bits per heavy atom. The number of esters is 1. The number of rotatable bonds is 3. The second-order valence-electron chi connectivity index (χ2n) is 3.51. The third kappa shape index (κ3) is 3.89. The molecule has 7 heteroatoms. The van der Waals surface area contributed by atoms with E-state index < -0.39 is 23.2 Å². The molecule has 0 aliphatic rings. The maximum absolute atomic E-state index is 12.5. The van der Waals surface area contributed by atoms with Crippen LogP contribution in [0.25, 0.3) is 0 Å². The van der Waals surface area contributed by atoms with Crippen LogP contribution < -0.4 is 0 Å². The van der Waals surface area contributed by atoms with E-state index in [1.807, 2.05) is 0 Å². The van der Waals surface area contributed by atoms with Crippen molar-refractivity contribution in [2.75, 3.05) is 6.61 Å². The summed E-state index contributed by atoms with van der Waals surface area (Å²) in [6.45, 7) is 3.10.